The van der Waals surface area contributed by atoms with Crippen LogP contribution < -0.4 is 5.32 Å². The summed E-state index contributed by atoms with van der Waals surface area (Å²) in [4.78, 5) is 16.0. The molecule has 5 heteroatoms. The van der Waals surface area contributed by atoms with Crippen molar-refractivity contribution < 1.29 is 14.3 Å². The summed E-state index contributed by atoms with van der Waals surface area (Å²) in [5, 5.41) is 13.1. The first kappa shape index (κ1) is 17.2. The molecule has 0 aliphatic carbocycles. The number of carbonyl (C=O) groups excluding carboxylic acids is 1. The maximum atomic E-state index is 12.2. The molecule has 5 nitrogen and oxygen atoms in total. The molecule has 0 saturated heterocycles. The van der Waals surface area contributed by atoms with E-state index in [9.17, 15) is 9.90 Å². The number of aliphatic hydroxyl groups is 1. The minimum Gasteiger partial charge on any atom is -0.444 e. The zero-order valence-corrected chi connectivity index (χ0v) is 13.9. The molecule has 2 N–H and O–H groups in total. The van der Waals surface area contributed by atoms with Crippen molar-refractivity contribution in [1.82, 2.24) is 10.3 Å². The van der Waals surface area contributed by atoms with Gasteiger partial charge in [0.15, 0.2) is 12.2 Å². The van der Waals surface area contributed by atoms with Crippen molar-refractivity contribution in [3.63, 3.8) is 0 Å². The largest absolute Gasteiger partial charge is 0.444 e. The normalized spacial score (nSPS) is 13.8. The molecule has 2 aromatic rings. The Morgan fingerprint density at radius 3 is 2.61 bits per heavy atom. The van der Waals surface area contributed by atoms with E-state index in [0.717, 1.165) is 12.0 Å². The Kier molecular flexibility index (Phi) is 5.55. The molecule has 124 valence electrons. The zero-order chi connectivity index (χ0) is 16.9. The van der Waals surface area contributed by atoms with Crippen molar-refractivity contribution in [3.05, 3.63) is 42.4 Å². The van der Waals surface area contributed by atoms with Gasteiger partial charge in [0, 0.05) is 17.7 Å². The highest BCUT2D eigenvalue weighted by atomic mass is 16.3. The smallest absolute Gasteiger partial charge is 0.251 e. The first-order valence-corrected chi connectivity index (χ1v) is 7.87. The van der Waals surface area contributed by atoms with Crippen LogP contribution in [0.1, 0.15) is 44.0 Å². The Bertz CT molecular complexity index is 616. The van der Waals surface area contributed by atoms with Crippen molar-refractivity contribution in [3.8, 4) is 11.3 Å². The summed E-state index contributed by atoms with van der Waals surface area (Å²) in [5.74, 6) is 0.994. The van der Waals surface area contributed by atoms with Crippen LogP contribution in [0, 0.1) is 5.92 Å². The molecule has 2 rings (SSSR count). The van der Waals surface area contributed by atoms with Gasteiger partial charge < -0.3 is 14.8 Å². The van der Waals surface area contributed by atoms with Crippen LogP contribution in [0.5, 0.6) is 0 Å². The molecule has 0 fully saturated rings. The monoisotopic (exact) mass is 316 g/mol. The molecule has 1 heterocycles. The maximum absolute atomic E-state index is 12.2. The Labute approximate surface area is 136 Å². The van der Waals surface area contributed by atoms with Gasteiger partial charge in [0.25, 0.3) is 5.91 Å². The maximum Gasteiger partial charge on any atom is 0.251 e. The first-order chi connectivity index (χ1) is 10.9. The topological polar surface area (TPSA) is 75.4 Å². The predicted octanol–water partition coefficient (Wildman–Crippen LogP) is 3.26. The van der Waals surface area contributed by atoms with E-state index < -0.39 is 5.60 Å². The van der Waals surface area contributed by atoms with Gasteiger partial charge in [-0.15, -0.1) is 0 Å². The molecule has 23 heavy (non-hydrogen) atoms. The van der Waals surface area contributed by atoms with Gasteiger partial charge in [0.2, 0.25) is 0 Å². The van der Waals surface area contributed by atoms with Crippen molar-refractivity contribution in [2.45, 2.75) is 39.2 Å². The fourth-order valence-electron chi connectivity index (χ4n) is 2.20. The molecule has 1 amide bonds. The average molecular weight is 316 g/mol. The van der Waals surface area contributed by atoms with E-state index >= 15 is 0 Å². The lowest BCUT2D eigenvalue weighted by Crippen LogP contribution is -2.40. The standard InChI is InChI=1S/C18H24N2O3/c1-13(2)8-9-18(3,22)11-20-17(21)15-6-4-14(5-7-15)16-10-19-12-23-16/h4-7,10,12-13,22H,8-9,11H2,1-3H3,(H,20,21). The Morgan fingerprint density at radius 1 is 1.35 bits per heavy atom. The van der Waals surface area contributed by atoms with Crippen molar-refractivity contribution >= 4 is 5.91 Å². The number of benzene rings is 1. The highest BCUT2D eigenvalue weighted by molar-refractivity contribution is 5.94. The molecule has 1 aromatic carbocycles. The Hall–Kier alpha value is -2.14. The highest BCUT2D eigenvalue weighted by Crippen LogP contribution is 2.19. The lowest BCUT2D eigenvalue weighted by Gasteiger charge is -2.24. The molecule has 0 radical (unpaired) electrons. The van der Waals surface area contributed by atoms with E-state index in [1.54, 1.807) is 25.3 Å². The fraction of sp³-hybridized carbons (Fsp3) is 0.444. The van der Waals surface area contributed by atoms with Crippen LogP contribution in [0.4, 0.5) is 0 Å². The van der Waals surface area contributed by atoms with Gasteiger partial charge >= 0.3 is 0 Å². The molecule has 0 aliphatic rings. The molecule has 1 aromatic heterocycles. The van der Waals surface area contributed by atoms with E-state index in [-0.39, 0.29) is 12.5 Å². The summed E-state index contributed by atoms with van der Waals surface area (Å²) in [5.41, 5.74) is 0.524. The van der Waals surface area contributed by atoms with Gasteiger partial charge in [0.1, 0.15) is 0 Å². The van der Waals surface area contributed by atoms with Gasteiger partial charge in [-0.25, -0.2) is 4.98 Å². The number of nitrogens with one attached hydrogen (secondary N) is 1. The molecular weight excluding hydrogens is 292 g/mol. The molecular formula is C18H24N2O3. The average Bonchev–Trinajstić information content (AvgIpc) is 3.05. The highest BCUT2D eigenvalue weighted by Gasteiger charge is 2.21. The number of hydrogen-bond acceptors (Lipinski definition) is 4. The Balaban J connectivity index is 1.90. The number of carbonyl (C=O) groups is 1. The number of aromatic nitrogens is 1. The summed E-state index contributed by atoms with van der Waals surface area (Å²) in [6.07, 6.45) is 4.58. The third-order valence-electron chi connectivity index (χ3n) is 3.75. The molecule has 1 atom stereocenters. The van der Waals surface area contributed by atoms with Crippen LogP contribution in [-0.2, 0) is 0 Å². The van der Waals surface area contributed by atoms with Crippen LogP contribution in [0.25, 0.3) is 11.3 Å². The summed E-state index contributed by atoms with van der Waals surface area (Å²) in [6.45, 7) is 6.22. The van der Waals surface area contributed by atoms with Crippen LogP contribution in [0.2, 0.25) is 0 Å². The lowest BCUT2D eigenvalue weighted by molar-refractivity contribution is 0.0429. The van der Waals surface area contributed by atoms with Crippen molar-refractivity contribution in [2.24, 2.45) is 5.92 Å². The summed E-state index contributed by atoms with van der Waals surface area (Å²) in [7, 11) is 0. The van der Waals surface area contributed by atoms with E-state index in [1.807, 2.05) is 12.1 Å². The van der Waals surface area contributed by atoms with Gasteiger partial charge in [-0.1, -0.05) is 26.0 Å². The molecule has 1 unspecified atom stereocenters. The van der Waals surface area contributed by atoms with Gasteiger partial charge in [-0.2, -0.15) is 0 Å². The summed E-state index contributed by atoms with van der Waals surface area (Å²) >= 11 is 0. The van der Waals surface area contributed by atoms with Crippen LogP contribution in [-0.4, -0.2) is 28.1 Å². The van der Waals surface area contributed by atoms with Crippen molar-refractivity contribution in [2.75, 3.05) is 6.54 Å². The van der Waals surface area contributed by atoms with E-state index in [0.29, 0.717) is 23.7 Å². The number of nitrogens with zero attached hydrogens (tertiary/aromatic N) is 1. The van der Waals surface area contributed by atoms with Crippen molar-refractivity contribution in [1.29, 1.82) is 0 Å². The Morgan fingerprint density at radius 2 is 2.04 bits per heavy atom. The zero-order valence-electron chi connectivity index (χ0n) is 13.9. The van der Waals surface area contributed by atoms with Crippen LogP contribution in [0.3, 0.4) is 0 Å². The molecule has 0 spiro atoms. The molecule has 0 aliphatic heterocycles. The predicted molar refractivity (Wildman–Crippen MR) is 89.0 cm³/mol. The van der Waals surface area contributed by atoms with Gasteiger partial charge in [-0.05, 0) is 37.8 Å². The first-order valence-electron chi connectivity index (χ1n) is 7.87. The quantitative estimate of drug-likeness (QED) is 0.822. The SMILES string of the molecule is CC(C)CCC(C)(O)CNC(=O)c1ccc(-c2cnco2)cc1. The summed E-state index contributed by atoms with van der Waals surface area (Å²) in [6, 6.07) is 7.09. The van der Waals surface area contributed by atoms with Gasteiger partial charge in [-0.3, -0.25) is 4.79 Å². The van der Waals surface area contributed by atoms with E-state index in [2.05, 4.69) is 24.1 Å². The molecule has 0 bridgehead atoms. The number of hydrogen-bond donors (Lipinski definition) is 2. The fourth-order valence-corrected chi connectivity index (χ4v) is 2.20. The number of amides is 1. The summed E-state index contributed by atoms with van der Waals surface area (Å²) < 4.78 is 5.21. The third-order valence-corrected chi connectivity index (χ3v) is 3.75. The van der Waals surface area contributed by atoms with E-state index in [1.165, 1.54) is 6.39 Å². The van der Waals surface area contributed by atoms with Gasteiger partial charge in [0.05, 0.1) is 11.8 Å². The second kappa shape index (κ2) is 7.42. The minimum absolute atomic E-state index is 0.195. The second-order valence-corrected chi connectivity index (χ2v) is 6.56. The lowest BCUT2D eigenvalue weighted by atomic mass is 9.95. The van der Waals surface area contributed by atoms with E-state index in [4.69, 9.17) is 4.42 Å². The minimum atomic E-state index is -0.889. The molecule has 0 saturated carbocycles. The van der Waals surface area contributed by atoms with Crippen LogP contribution in [0.15, 0.2) is 41.3 Å². The second-order valence-electron chi connectivity index (χ2n) is 6.56. The number of oxazole rings is 1. The number of rotatable bonds is 7. The third kappa shape index (κ3) is 5.21. The van der Waals surface area contributed by atoms with Crippen LogP contribution >= 0.6 is 0 Å².